The molecule has 0 aliphatic rings. The molecular weight excluding hydrogens is 214 g/mol. The Morgan fingerprint density at radius 3 is 2.33 bits per heavy atom. The molecule has 0 bridgehead atoms. The second kappa shape index (κ2) is 3.80. The van der Waals surface area contributed by atoms with Gasteiger partial charge >= 0.3 is 6.98 Å². The van der Waals surface area contributed by atoms with Gasteiger partial charge in [-0.1, -0.05) is 5.46 Å². The molecule has 0 aromatic heterocycles. The van der Waals surface area contributed by atoms with Crippen LogP contribution in [-0.4, -0.2) is 19.0 Å². The zero-order valence-corrected chi connectivity index (χ0v) is 7.62. The van der Waals surface area contributed by atoms with Crippen molar-refractivity contribution in [1.82, 2.24) is 0 Å². The second-order valence-electron chi connectivity index (χ2n) is 2.80. The Balaban J connectivity index is 3.30. The van der Waals surface area contributed by atoms with E-state index in [4.69, 9.17) is 0 Å². The zero-order chi connectivity index (χ0) is 11.6. The van der Waals surface area contributed by atoms with Gasteiger partial charge in [-0.05, 0) is 12.1 Å². The molecule has 0 fully saturated rings. The fraction of sp³-hybridized carbons (Fsp3) is 0.143. The predicted molar refractivity (Wildman–Crippen MR) is 48.4 cm³/mol. The highest BCUT2D eigenvalue weighted by Crippen LogP contribution is 2.21. The number of methoxy groups -OCH3 is 1. The maximum absolute atomic E-state index is 12.3. The first-order valence-corrected chi connectivity index (χ1v) is 3.88. The average Bonchev–Trinajstić information content (AvgIpc) is 2.15. The van der Waals surface area contributed by atoms with E-state index >= 15 is 0 Å². The molecule has 1 rings (SSSR count). The van der Waals surface area contributed by atoms with Gasteiger partial charge < -0.3 is 17.7 Å². The third-order valence-corrected chi connectivity index (χ3v) is 1.74. The molecule has 0 amide bonds. The summed E-state index contributed by atoms with van der Waals surface area (Å²) in [5.41, 5.74) is -1.68. The molecular formula is C7H6BF3NO3-. The number of non-ortho nitro benzene ring substituents is 1. The number of halogens is 3. The minimum absolute atomic E-state index is 0.182. The number of benzene rings is 1. The largest absolute Gasteiger partial charge is 0.510 e. The van der Waals surface area contributed by atoms with E-state index in [0.29, 0.717) is 6.07 Å². The van der Waals surface area contributed by atoms with Gasteiger partial charge in [-0.25, -0.2) is 0 Å². The first-order chi connectivity index (χ1) is 6.84. The van der Waals surface area contributed by atoms with Crippen molar-refractivity contribution in [2.75, 3.05) is 7.11 Å². The van der Waals surface area contributed by atoms with Crippen LogP contribution in [-0.2, 0) is 0 Å². The third-order valence-electron chi connectivity index (χ3n) is 1.74. The minimum atomic E-state index is -5.26. The van der Waals surface area contributed by atoms with Gasteiger partial charge in [0.1, 0.15) is 5.75 Å². The lowest BCUT2D eigenvalue weighted by atomic mass is 9.80. The quantitative estimate of drug-likeness (QED) is 0.442. The van der Waals surface area contributed by atoms with Gasteiger partial charge in [0.25, 0.3) is 5.69 Å². The van der Waals surface area contributed by atoms with Crippen LogP contribution in [0.4, 0.5) is 18.6 Å². The first kappa shape index (κ1) is 11.4. The molecule has 0 heterocycles. The molecule has 0 radical (unpaired) electrons. The number of nitrogens with zero attached hydrogens (tertiary/aromatic N) is 1. The number of nitro benzene ring substituents is 1. The van der Waals surface area contributed by atoms with Crippen LogP contribution in [0.3, 0.4) is 0 Å². The van der Waals surface area contributed by atoms with Gasteiger partial charge in [0.05, 0.1) is 18.1 Å². The summed E-state index contributed by atoms with van der Waals surface area (Å²) in [7, 11) is 1.15. The highest BCUT2D eigenvalue weighted by Gasteiger charge is 2.28. The molecule has 15 heavy (non-hydrogen) atoms. The number of nitro groups is 1. The Kier molecular flexibility index (Phi) is 2.87. The lowest BCUT2D eigenvalue weighted by Gasteiger charge is -2.15. The number of hydrogen-bond acceptors (Lipinski definition) is 3. The Labute approximate surface area is 82.9 Å². The average molecular weight is 220 g/mol. The summed E-state index contributed by atoms with van der Waals surface area (Å²) in [6.45, 7) is -5.26. The lowest BCUT2D eigenvalue weighted by Crippen LogP contribution is -2.34. The molecule has 0 aliphatic heterocycles. The SMILES string of the molecule is COc1cc([N+](=O)[O-])cc([B-](F)(F)F)c1. The fourth-order valence-electron chi connectivity index (χ4n) is 1.02. The number of ether oxygens (including phenoxy) is 1. The van der Waals surface area contributed by atoms with Crippen LogP contribution >= 0.6 is 0 Å². The van der Waals surface area contributed by atoms with Crippen LogP contribution in [0, 0.1) is 10.1 Å². The minimum Gasteiger partial charge on any atom is -0.497 e. The normalized spacial score (nSPS) is 11.2. The van der Waals surface area contributed by atoms with E-state index in [9.17, 15) is 23.1 Å². The van der Waals surface area contributed by atoms with Gasteiger partial charge in [0.15, 0.2) is 0 Å². The molecule has 1 aromatic carbocycles. The van der Waals surface area contributed by atoms with E-state index in [2.05, 4.69) is 4.74 Å². The molecule has 4 nitrogen and oxygen atoms in total. The molecule has 1 aromatic rings. The topological polar surface area (TPSA) is 52.4 Å². The first-order valence-electron chi connectivity index (χ1n) is 3.88. The van der Waals surface area contributed by atoms with Crippen molar-refractivity contribution in [3.8, 4) is 5.75 Å². The maximum atomic E-state index is 12.3. The Morgan fingerprint density at radius 2 is 1.93 bits per heavy atom. The molecule has 0 saturated heterocycles. The molecule has 0 spiro atoms. The summed E-state index contributed by atoms with van der Waals surface area (Å²) in [5.74, 6) is -0.182. The maximum Gasteiger partial charge on any atom is 0.510 e. The van der Waals surface area contributed by atoms with Crippen molar-refractivity contribution in [3.05, 3.63) is 28.3 Å². The van der Waals surface area contributed by atoms with E-state index in [1.807, 2.05) is 0 Å². The van der Waals surface area contributed by atoms with Crippen LogP contribution in [0.2, 0.25) is 0 Å². The van der Waals surface area contributed by atoms with Crippen LogP contribution in [0.15, 0.2) is 18.2 Å². The van der Waals surface area contributed by atoms with Crippen molar-refractivity contribution >= 4 is 18.1 Å². The second-order valence-corrected chi connectivity index (χ2v) is 2.80. The smallest absolute Gasteiger partial charge is 0.497 e. The van der Waals surface area contributed by atoms with Gasteiger partial charge in [-0.2, -0.15) is 0 Å². The summed E-state index contributed by atoms with van der Waals surface area (Å²) in [6.07, 6.45) is 0. The number of rotatable bonds is 3. The molecule has 0 atom stereocenters. The summed E-state index contributed by atoms with van der Waals surface area (Å²) in [4.78, 5) is 9.44. The van der Waals surface area contributed by atoms with Gasteiger partial charge in [0, 0.05) is 0 Å². The summed E-state index contributed by atoms with van der Waals surface area (Å²) < 4.78 is 41.5. The van der Waals surface area contributed by atoms with E-state index in [-0.39, 0.29) is 5.75 Å². The third kappa shape index (κ3) is 2.61. The van der Waals surface area contributed by atoms with E-state index in [1.54, 1.807) is 0 Å². The van der Waals surface area contributed by atoms with Gasteiger partial charge in [-0.15, -0.1) is 0 Å². The van der Waals surface area contributed by atoms with Crippen molar-refractivity contribution < 1.29 is 22.6 Å². The zero-order valence-electron chi connectivity index (χ0n) is 7.62. The molecule has 0 saturated carbocycles. The van der Waals surface area contributed by atoms with Crippen LogP contribution in [0.5, 0.6) is 5.75 Å². The molecule has 0 unspecified atom stereocenters. The van der Waals surface area contributed by atoms with Crippen LogP contribution < -0.4 is 10.2 Å². The van der Waals surface area contributed by atoms with Crippen LogP contribution in [0.25, 0.3) is 0 Å². The predicted octanol–water partition coefficient (Wildman–Crippen LogP) is 1.66. The molecule has 0 N–H and O–H groups in total. The fourth-order valence-corrected chi connectivity index (χ4v) is 1.02. The summed E-state index contributed by atoms with van der Waals surface area (Å²) in [6, 6.07) is 2.15. The van der Waals surface area contributed by atoms with E-state index in [1.165, 1.54) is 0 Å². The number of hydrogen-bond donors (Lipinski definition) is 0. The Bertz CT molecular complexity index is 394. The Hall–Kier alpha value is -1.73. The molecule has 82 valence electrons. The summed E-state index contributed by atoms with van der Waals surface area (Å²) in [5, 5.41) is 10.3. The van der Waals surface area contributed by atoms with Crippen molar-refractivity contribution in [1.29, 1.82) is 0 Å². The van der Waals surface area contributed by atoms with Crippen molar-refractivity contribution in [2.45, 2.75) is 0 Å². The van der Waals surface area contributed by atoms with Gasteiger partial charge in [0.2, 0.25) is 0 Å². The van der Waals surface area contributed by atoms with Crippen molar-refractivity contribution in [3.63, 3.8) is 0 Å². The lowest BCUT2D eigenvalue weighted by molar-refractivity contribution is -0.384. The standard InChI is InChI=1S/C7H6BF3NO3/c1-15-7-3-5(8(9,10)11)2-6(4-7)12(13)14/h2-4H,1H3/q-1. The van der Waals surface area contributed by atoms with E-state index in [0.717, 1.165) is 19.2 Å². The highest BCUT2D eigenvalue weighted by atomic mass is 19.4. The monoisotopic (exact) mass is 220 g/mol. The Morgan fingerprint density at radius 1 is 1.33 bits per heavy atom. The molecule has 0 aliphatic carbocycles. The van der Waals surface area contributed by atoms with Crippen molar-refractivity contribution in [2.24, 2.45) is 0 Å². The van der Waals surface area contributed by atoms with Gasteiger partial charge in [-0.3, -0.25) is 10.1 Å². The highest BCUT2D eigenvalue weighted by molar-refractivity contribution is 6.73. The molecule has 8 heteroatoms. The van der Waals surface area contributed by atoms with E-state index < -0.39 is 23.1 Å². The summed E-state index contributed by atoms with van der Waals surface area (Å²) >= 11 is 0. The van der Waals surface area contributed by atoms with Crippen LogP contribution in [0.1, 0.15) is 0 Å².